The summed E-state index contributed by atoms with van der Waals surface area (Å²) in [7, 11) is 0. The van der Waals surface area contributed by atoms with E-state index in [1.165, 1.54) is 10.5 Å². The highest BCUT2D eigenvalue weighted by atomic mass is 32.1. The van der Waals surface area contributed by atoms with Gasteiger partial charge in [0.25, 0.3) is 0 Å². The van der Waals surface area contributed by atoms with Crippen molar-refractivity contribution in [2.45, 2.75) is 12.5 Å². The predicted octanol–water partition coefficient (Wildman–Crippen LogP) is 3.32. The molecule has 2 rings (SSSR count). The fourth-order valence-corrected chi connectivity index (χ4v) is 2.23. The number of thiophene rings is 1. The molecule has 0 aliphatic carbocycles. The van der Waals surface area contributed by atoms with Gasteiger partial charge >= 0.3 is 0 Å². The summed E-state index contributed by atoms with van der Waals surface area (Å²) in [5, 5.41) is 2.09. The lowest BCUT2D eigenvalue weighted by Crippen LogP contribution is -2.09. The molecule has 0 aromatic carbocycles. The van der Waals surface area contributed by atoms with Gasteiger partial charge in [0.15, 0.2) is 0 Å². The summed E-state index contributed by atoms with van der Waals surface area (Å²) >= 11 is 1.76. The van der Waals surface area contributed by atoms with E-state index in [1.807, 2.05) is 6.08 Å². The standard InChI is InChI=1S/C11H12OS/c1-2-9-5-6-12-10(8-9)11-4-3-7-13-11/h2-5,7,10H,1,6,8H2/t10-/m0/s1. The average molecular weight is 192 g/mol. The molecule has 2 heterocycles. The van der Waals surface area contributed by atoms with Gasteiger partial charge in [-0.15, -0.1) is 11.3 Å². The van der Waals surface area contributed by atoms with E-state index < -0.39 is 0 Å². The van der Waals surface area contributed by atoms with Crippen LogP contribution in [0.5, 0.6) is 0 Å². The Bertz CT molecular complexity index is 311. The van der Waals surface area contributed by atoms with Gasteiger partial charge in [-0.05, 0) is 17.0 Å². The summed E-state index contributed by atoms with van der Waals surface area (Å²) < 4.78 is 5.64. The van der Waals surface area contributed by atoms with Crippen molar-refractivity contribution < 1.29 is 4.74 Å². The minimum absolute atomic E-state index is 0.248. The first kappa shape index (κ1) is 8.73. The van der Waals surface area contributed by atoms with Crippen LogP contribution in [-0.4, -0.2) is 6.61 Å². The van der Waals surface area contributed by atoms with Crippen molar-refractivity contribution in [1.29, 1.82) is 0 Å². The Morgan fingerprint density at radius 3 is 3.23 bits per heavy atom. The third-order valence-corrected chi connectivity index (χ3v) is 3.15. The quantitative estimate of drug-likeness (QED) is 0.698. The van der Waals surface area contributed by atoms with Crippen LogP contribution in [0.3, 0.4) is 0 Å². The van der Waals surface area contributed by atoms with E-state index in [0.29, 0.717) is 6.61 Å². The molecule has 2 heteroatoms. The summed E-state index contributed by atoms with van der Waals surface area (Å²) in [5.41, 5.74) is 1.30. The van der Waals surface area contributed by atoms with Gasteiger partial charge in [-0.1, -0.05) is 24.8 Å². The van der Waals surface area contributed by atoms with Crippen LogP contribution >= 0.6 is 11.3 Å². The van der Waals surface area contributed by atoms with Gasteiger partial charge in [-0.25, -0.2) is 0 Å². The maximum absolute atomic E-state index is 5.64. The number of ether oxygens (including phenoxy) is 1. The molecule has 13 heavy (non-hydrogen) atoms. The van der Waals surface area contributed by atoms with Crippen LogP contribution in [0.4, 0.5) is 0 Å². The zero-order chi connectivity index (χ0) is 9.10. The molecule has 1 aliphatic rings. The van der Waals surface area contributed by atoms with E-state index in [2.05, 4.69) is 30.2 Å². The van der Waals surface area contributed by atoms with E-state index in [9.17, 15) is 0 Å². The highest BCUT2D eigenvalue weighted by Gasteiger charge is 2.16. The van der Waals surface area contributed by atoms with Crippen LogP contribution in [0.15, 0.2) is 41.8 Å². The summed E-state index contributed by atoms with van der Waals surface area (Å²) in [6.45, 7) is 4.49. The minimum atomic E-state index is 0.248. The van der Waals surface area contributed by atoms with Gasteiger partial charge in [-0.2, -0.15) is 0 Å². The first-order valence-corrected chi connectivity index (χ1v) is 5.24. The van der Waals surface area contributed by atoms with E-state index in [1.54, 1.807) is 11.3 Å². The number of rotatable bonds is 2. The molecule has 0 radical (unpaired) electrons. The summed E-state index contributed by atoms with van der Waals surface area (Å²) in [6, 6.07) is 4.19. The van der Waals surface area contributed by atoms with E-state index >= 15 is 0 Å². The first-order valence-electron chi connectivity index (χ1n) is 4.36. The zero-order valence-electron chi connectivity index (χ0n) is 7.40. The van der Waals surface area contributed by atoms with Crippen molar-refractivity contribution in [2.24, 2.45) is 0 Å². The lowest BCUT2D eigenvalue weighted by atomic mass is 10.0. The Balaban J connectivity index is 2.12. The van der Waals surface area contributed by atoms with Gasteiger partial charge in [0.2, 0.25) is 0 Å². The largest absolute Gasteiger partial charge is 0.368 e. The van der Waals surface area contributed by atoms with Crippen molar-refractivity contribution in [1.82, 2.24) is 0 Å². The van der Waals surface area contributed by atoms with Crippen LogP contribution in [-0.2, 0) is 4.74 Å². The normalized spacial score (nSPS) is 22.5. The smallest absolute Gasteiger partial charge is 0.0961 e. The van der Waals surface area contributed by atoms with Crippen LogP contribution < -0.4 is 0 Å². The Kier molecular flexibility index (Phi) is 2.62. The molecule has 1 aromatic rings. The van der Waals surface area contributed by atoms with Crippen molar-refractivity contribution in [3.8, 4) is 0 Å². The van der Waals surface area contributed by atoms with E-state index in [4.69, 9.17) is 4.74 Å². The molecule has 0 fully saturated rings. The van der Waals surface area contributed by atoms with Gasteiger partial charge in [0.05, 0.1) is 12.7 Å². The molecular weight excluding hydrogens is 180 g/mol. The third-order valence-electron chi connectivity index (χ3n) is 2.19. The van der Waals surface area contributed by atoms with Crippen LogP contribution in [0.25, 0.3) is 0 Å². The lowest BCUT2D eigenvalue weighted by molar-refractivity contribution is 0.0678. The average Bonchev–Trinajstić information content (AvgIpc) is 2.71. The molecule has 0 saturated carbocycles. The molecule has 1 aliphatic heterocycles. The van der Waals surface area contributed by atoms with E-state index in [-0.39, 0.29) is 6.10 Å². The Morgan fingerprint density at radius 2 is 2.54 bits per heavy atom. The second-order valence-electron chi connectivity index (χ2n) is 3.02. The van der Waals surface area contributed by atoms with Crippen molar-refractivity contribution >= 4 is 11.3 Å². The molecule has 1 nitrogen and oxygen atoms in total. The van der Waals surface area contributed by atoms with Gasteiger partial charge in [0, 0.05) is 11.3 Å². The lowest BCUT2D eigenvalue weighted by Gasteiger charge is -2.20. The molecule has 1 atom stereocenters. The number of hydrogen-bond acceptors (Lipinski definition) is 2. The second kappa shape index (κ2) is 3.90. The van der Waals surface area contributed by atoms with Crippen molar-refractivity contribution in [3.63, 3.8) is 0 Å². The predicted molar refractivity (Wildman–Crippen MR) is 55.9 cm³/mol. The Hall–Kier alpha value is -0.860. The maximum Gasteiger partial charge on any atom is 0.0961 e. The molecule has 1 aromatic heterocycles. The fourth-order valence-electron chi connectivity index (χ4n) is 1.45. The topological polar surface area (TPSA) is 9.23 Å². The molecular formula is C11H12OS. The SMILES string of the molecule is C=CC1=CCO[C@H](c2cccs2)C1. The molecule has 0 N–H and O–H groups in total. The second-order valence-corrected chi connectivity index (χ2v) is 4.00. The van der Waals surface area contributed by atoms with Crippen LogP contribution in [0.2, 0.25) is 0 Å². The molecule has 0 bridgehead atoms. The highest BCUT2D eigenvalue weighted by molar-refractivity contribution is 7.10. The molecule has 0 amide bonds. The minimum Gasteiger partial charge on any atom is -0.368 e. The number of allylic oxidation sites excluding steroid dienone is 1. The van der Waals surface area contributed by atoms with Gasteiger partial charge in [0.1, 0.15) is 0 Å². The monoisotopic (exact) mass is 192 g/mol. The molecule has 0 unspecified atom stereocenters. The summed E-state index contributed by atoms with van der Waals surface area (Å²) in [5.74, 6) is 0. The van der Waals surface area contributed by atoms with Crippen molar-refractivity contribution in [3.05, 3.63) is 46.7 Å². The Morgan fingerprint density at radius 1 is 1.62 bits per heavy atom. The van der Waals surface area contributed by atoms with Gasteiger partial charge in [-0.3, -0.25) is 0 Å². The fraction of sp³-hybridized carbons (Fsp3) is 0.273. The van der Waals surface area contributed by atoms with Crippen LogP contribution in [0, 0.1) is 0 Å². The molecule has 0 saturated heterocycles. The van der Waals surface area contributed by atoms with Gasteiger partial charge < -0.3 is 4.74 Å². The van der Waals surface area contributed by atoms with E-state index in [0.717, 1.165) is 6.42 Å². The Labute approximate surface area is 82.4 Å². The summed E-state index contributed by atoms with van der Waals surface area (Å²) in [4.78, 5) is 1.31. The molecule has 68 valence electrons. The molecule has 0 spiro atoms. The third kappa shape index (κ3) is 1.90. The highest BCUT2D eigenvalue weighted by Crippen LogP contribution is 2.31. The first-order chi connectivity index (χ1) is 6.40. The zero-order valence-corrected chi connectivity index (χ0v) is 8.22. The number of hydrogen-bond donors (Lipinski definition) is 0. The van der Waals surface area contributed by atoms with Crippen LogP contribution in [0.1, 0.15) is 17.4 Å². The van der Waals surface area contributed by atoms with Crippen molar-refractivity contribution in [2.75, 3.05) is 6.61 Å². The maximum atomic E-state index is 5.64. The summed E-state index contributed by atoms with van der Waals surface area (Å²) in [6.07, 6.45) is 5.22.